The average Bonchev–Trinajstić information content (AvgIpc) is 2.38. The molecule has 0 aliphatic carbocycles. The molecular formula is C15H16BrFN2. The average molecular weight is 323 g/mol. The minimum absolute atomic E-state index is 0.0132. The highest BCUT2D eigenvalue weighted by atomic mass is 79.9. The van der Waals surface area contributed by atoms with Gasteiger partial charge in [0.1, 0.15) is 11.6 Å². The number of benzene rings is 1. The van der Waals surface area contributed by atoms with E-state index in [1.54, 1.807) is 25.3 Å². The summed E-state index contributed by atoms with van der Waals surface area (Å²) in [5.74, 6) is 0.593. The lowest BCUT2D eigenvalue weighted by molar-refractivity contribution is 0.614. The fraction of sp³-hybridized carbons (Fsp3) is 0.267. The molecule has 2 rings (SSSR count). The minimum atomic E-state index is -0.178. The topological polar surface area (TPSA) is 24.9 Å². The number of pyridine rings is 1. The van der Waals surface area contributed by atoms with Crippen molar-refractivity contribution in [2.75, 3.05) is 5.32 Å². The van der Waals surface area contributed by atoms with E-state index < -0.39 is 0 Å². The first kappa shape index (κ1) is 14.0. The monoisotopic (exact) mass is 322 g/mol. The molecule has 19 heavy (non-hydrogen) atoms. The number of anilines is 1. The van der Waals surface area contributed by atoms with Crippen LogP contribution in [0.1, 0.15) is 29.7 Å². The lowest BCUT2D eigenvalue weighted by Crippen LogP contribution is -2.09. The zero-order chi connectivity index (χ0) is 14.0. The number of halogens is 2. The molecule has 1 heterocycles. The molecule has 0 saturated carbocycles. The molecule has 0 bridgehead atoms. The van der Waals surface area contributed by atoms with Gasteiger partial charge in [0.2, 0.25) is 0 Å². The molecule has 0 aliphatic rings. The smallest absolute Gasteiger partial charge is 0.141 e. The first-order valence-corrected chi connectivity index (χ1v) is 6.92. The van der Waals surface area contributed by atoms with Gasteiger partial charge >= 0.3 is 0 Å². The third-order valence-electron chi connectivity index (χ3n) is 3.13. The molecule has 1 aromatic carbocycles. The second-order valence-electron chi connectivity index (χ2n) is 4.67. The molecule has 1 N–H and O–H groups in total. The van der Waals surface area contributed by atoms with Crippen molar-refractivity contribution in [1.29, 1.82) is 0 Å². The minimum Gasteiger partial charge on any atom is -0.363 e. The summed E-state index contributed by atoms with van der Waals surface area (Å²) in [4.78, 5) is 4.29. The second-order valence-corrected chi connectivity index (χ2v) is 5.46. The van der Waals surface area contributed by atoms with E-state index in [9.17, 15) is 4.39 Å². The molecule has 0 aliphatic heterocycles. The molecule has 2 aromatic rings. The van der Waals surface area contributed by atoms with Crippen LogP contribution in [0.3, 0.4) is 0 Å². The maximum absolute atomic E-state index is 13.6. The fourth-order valence-corrected chi connectivity index (χ4v) is 2.16. The van der Waals surface area contributed by atoms with E-state index in [2.05, 4.69) is 26.2 Å². The fourth-order valence-electron chi connectivity index (χ4n) is 1.81. The number of hydrogen-bond donors (Lipinski definition) is 1. The van der Waals surface area contributed by atoms with E-state index in [-0.39, 0.29) is 11.9 Å². The maximum atomic E-state index is 13.6. The van der Waals surface area contributed by atoms with Gasteiger partial charge in [-0.15, -0.1) is 0 Å². The van der Waals surface area contributed by atoms with E-state index in [0.717, 1.165) is 21.4 Å². The summed E-state index contributed by atoms with van der Waals surface area (Å²) in [7, 11) is 0. The van der Waals surface area contributed by atoms with Crippen LogP contribution < -0.4 is 5.32 Å². The third-order valence-corrected chi connectivity index (χ3v) is 4.13. The summed E-state index contributed by atoms with van der Waals surface area (Å²) in [5.41, 5.74) is 2.67. The van der Waals surface area contributed by atoms with Crippen LogP contribution in [0.25, 0.3) is 0 Å². The lowest BCUT2D eigenvalue weighted by atomic mass is 10.1. The van der Waals surface area contributed by atoms with Gasteiger partial charge in [-0.2, -0.15) is 0 Å². The number of nitrogens with one attached hydrogen (secondary N) is 1. The Balaban J connectivity index is 2.23. The van der Waals surface area contributed by atoms with Crippen LogP contribution >= 0.6 is 15.9 Å². The Labute approximate surface area is 121 Å². The standard InChI is InChI=1S/C15H16BrFN2/c1-9-4-5-12(8-13(9)17)11(3)19-15-14(16)10(2)6-7-18-15/h4-8,11H,1-3H3,(H,18,19). The molecule has 0 amide bonds. The summed E-state index contributed by atoms with van der Waals surface area (Å²) in [6.45, 7) is 5.75. The van der Waals surface area contributed by atoms with Crippen LogP contribution in [0, 0.1) is 19.7 Å². The van der Waals surface area contributed by atoms with Gasteiger partial charge in [0.05, 0.1) is 10.5 Å². The molecule has 100 valence electrons. The summed E-state index contributed by atoms with van der Waals surface area (Å²) < 4.78 is 14.5. The molecule has 1 aromatic heterocycles. The number of hydrogen-bond acceptors (Lipinski definition) is 2. The van der Waals surface area contributed by atoms with Crippen molar-refractivity contribution < 1.29 is 4.39 Å². The van der Waals surface area contributed by atoms with Crippen molar-refractivity contribution in [3.05, 3.63) is 57.4 Å². The van der Waals surface area contributed by atoms with E-state index in [4.69, 9.17) is 0 Å². The predicted octanol–water partition coefficient (Wildman–Crippen LogP) is 4.77. The van der Waals surface area contributed by atoms with Gasteiger partial charge in [-0.3, -0.25) is 0 Å². The van der Waals surface area contributed by atoms with Crippen molar-refractivity contribution in [3.8, 4) is 0 Å². The van der Waals surface area contributed by atoms with Gasteiger partial charge in [-0.1, -0.05) is 12.1 Å². The molecule has 2 nitrogen and oxygen atoms in total. The Kier molecular flexibility index (Phi) is 4.20. The van der Waals surface area contributed by atoms with E-state index in [0.29, 0.717) is 5.56 Å². The number of rotatable bonds is 3. The first-order chi connectivity index (χ1) is 8.99. The zero-order valence-corrected chi connectivity index (χ0v) is 12.8. The van der Waals surface area contributed by atoms with Crippen LogP contribution in [0.5, 0.6) is 0 Å². The zero-order valence-electron chi connectivity index (χ0n) is 11.2. The van der Waals surface area contributed by atoms with Crippen LogP contribution in [-0.4, -0.2) is 4.98 Å². The van der Waals surface area contributed by atoms with Crippen LogP contribution in [0.15, 0.2) is 34.9 Å². The van der Waals surface area contributed by atoms with E-state index in [1.165, 1.54) is 0 Å². The molecular weight excluding hydrogens is 307 g/mol. The third kappa shape index (κ3) is 3.13. The summed E-state index contributed by atoms with van der Waals surface area (Å²) in [6, 6.07) is 7.21. The highest BCUT2D eigenvalue weighted by molar-refractivity contribution is 9.10. The Morgan fingerprint density at radius 2 is 1.95 bits per heavy atom. The maximum Gasteiger partial charge on any atom is 0.141 e. The number of aromatic nitrogens is 1. The van der Waals surface area contributed by atoms with Crippen molar-refractivity contribution >= 4 is 21.7 Å². The largest absolute Gasteiger partial charge is 0.363 e. The molecule has 0 spiro atoms. The highest BCUT2D eigenvalue weighted by Crippen LogP contribution is 2.27. The van der Waals surface area contributed by atoms with E-state index in [1.807, 2.05) is 26.0 Å². The number of nitrogens with zero attached hydrogens (tertiary/aromatic N) is 1. The molecule has 0 radical (unpaired) electrons. The molecule has 0 fully saturated rings. The van der Waals surface area contributed by atoms with Gasteiger partial charge < -0.3 is 5.32 Å². The molecule has 4 heteroatoms. The van der Waals surface area contributed by atoms with Gasteiger partial charge in [-0.05, 0) is 65.5 Å². The van der Waals surface area contributed by atoms with Crippen LogP contribution in [-0.2, 0) is 0 Å². The summed E-state index contributed by atoms with van der Waals surface area (Å²) >= 11 is 3.51. The van der Waals surface area contributed by atoms with Crippen molar-refractivity contribution in [1.82, 2.24) is 4.98 Å². The molecule has 0 saturated heterocycles. The predicted molar refractivity (Wildman–Crippen MR) is 79.8 cm³/mol. The number of aryl methyl sites for hydroxylation is 2. The summed E-state index contributed by atoms with van der Waals surface area (Å²) in [6.07, 6.45) is 1.75. The van der Waals surface area contributed by atoms with Gasteiger partial charge in [-0.25, -0.2) is 9.37 Å². The molecule has 1 atom stereocenters. The lowest BCUT2D eigenvalue weighted by Gasteiger charge is -2.17. The second kappa shape index (κ2) is 5.70. The highest BCUT2D eigenvalue weighted by Gasteiger charge is 2.11. The van der Waals surface area contributed by atoms with Gasteiger partial charge in [0.15, 0.2) is 0 Å². The Morgan fingerprint density at radius 3 is 2.63 bits per heavy atom. The first-order valence-electron chi connectivity index (χ1n) is 6.12. The normalized spacial score (nSPS) is 12.3. The summed E-state index contributed by atoms with van der Waals surface area (Å²) in [5, 5.41) is 3.29. The van der Waals surface area contributed by atoms with Crippen molar-refractivity contribution in [3.63, 3.8) is 0 Å². The quantitative estimate of drug-likeness (QED) is 0.880. The van der Waals surface area contributed by atoms with Gasteiger partial charge in [0.25, 0.3) is 0 Å². The van der Waals surface area contributed by atoms with Gasteiger partial charge in [0, 0.05) is 6.20 Å². The van der Waals surface area contributed by atoms with E-state index >= 15 is 0 Å². The van der Waals surface area contributed by atoms with Crippen LogP contribution in [0.4, 0.5) is 10.2 Å². The van der Waals surface area contributed by atoms with Crippen molar-refractivity contribution in [2.24, 2.45) is 0 Å². The Bertz CT molecular complexity index is 599. The Morgan fingerprint density at radius 1 is 1.21 bits per heavy atom. The Hall–Kier alpha value is -1.42. The SMILES string of the molecule is Cc1ccc(C(C)Nc2nccc(C)c2Br)cc1F. The molecule has 1 unspecified atom stereocenters. The van der Waals surface area contributed by atoms with Crippen molar-refractivity contribution in [2.45, 2.75) is 26.8 Å². The van der Waals surface area contributed by atoms with Crippen LogP contribution in [0.2, 0.25) is 0 Å².